The molecule has 0 saturated carbocycles. The molecule has 1 heterocycles. The summed E-state index contributed by atoms with van der Waals surface area (Å²) in [6.45, 7) is 9.20. The van der Waals surface area contributed by atoms with E-state index < -0.39 is 10.0 Å². The highest BCUT2D eigenvalue weighted by molar-refractivity contribution is 7.90. The standard InChI is InChI=1S/C15H22N2O2S/c1-5-16-11(4)14(10(2)3)15-12-8-6-7-9-13(12)20(18,19)17-15/h6-11,14,16H,5H2,1-4H3. The van der Waals surface area contributed by atoms with Gasteiger partial charge in [0.1, 0.15) is 0 Å². The Labute approximate surface area is 121 Å². The highest BCUT2D eigenvalue weighted by atomic mass is 32.2. The fourth-order valence-electron chi connectivity index (χ4n) is 2.95. The molecule has 0 saturated heterocycles. The van der Waals surface area contributed by atoms with Gasteiger partial charge >= 0.3 is 0 Å². The molecule has 2 rings (SSSR count). The molecule has 1 aromatic rings. The first-order chi connectivity index (χ1) is 9.38. The van der Waals surface area contributed by atoms with Gasteiger partial charge in [-0.25, -0.2) is 0 Å². The molecule has 0 amide bonds. The summed E-state index contributed by atoms with van der Waals surface area (Å²) in [4.78, 5) is 0.337. The van der Waals surface area contributed by atoms with Crippen LogP contribution in [0.4, 0.5) is 0 Å². The first kappa shape index (κ1) is 15.2. The third kappa shape index (κ3) is 2.65. The van der Waals surface area contributed by atoms with Crippen LogP contribution in [0.3, 0.4) is 0 Å². The van der Waals surface area contributed by atoms with Crippen LogP contribution in [0.5, 0.6) is 0 Å². The summed E-state index contributed by atoms with van der Waals surface area (Å²) in [6, 6.07) is 7.28. The zero-order valence-corrected chi connectivity index (χ0v) is 13.2. The number of fused-ring (bicyclic) bond motifs is 1. The number of hydrogen-bond donors (Lipinski definition) is 1. The van der Waals surface area contributed by atoms with E-state index in [1.54, 1.807) is 12.1 Å². The maximum absolute atomic E-state index is 12.2. The Morgan fingerprint density at radius 1 is 1.20 bits per heavy atom. The van der Waals surface area contributed by atoms with Crippen molar-refractivity contribution in [2.75, 3.05) is 6.54 Å². The summed E-state index contributed by atoms with van der Waals surface area (Å²) in [7, 11) is -3.52. The highest BCUT2D eigenvalue weighted by Gasteiger charge is 2.36. The van der Waals surface area contributed by atoms with E-state index in [1.807, 2.05) is 12.1 Å². The van der Waals surface area contributed by atoms with Crippen LogP contribution in [0.2, 0.25) is 0 Å². The Morgan fingerprint density at radius 3 is 2.45 bits per heavy atom. The van der Waals surface area contributed by atoms with Gasteiger partial charge in [0.25, 0.3) is 10.0 Å². The lowest BCUT2D eigenvalue weighted by molar-refractivity contribution is 0.378. The summed E-state index contributed by atoms with van der Waals surface area (Å²) in [5.74, 6) is 0.387. The lowest BCUT2D eigenvalue weighted by Gasteiger charge is -2.28. The second-order valence-electron chi connectivity index (χ2n) is 5.56. The van der Waals surface area contributed by atoms with Gasteiger partial charge in [0.15, 0.2) is 0 Å². The number of sulfonamides is 1. The van der Waals surface area contributed by atoms with Crippen LogP contribution in [0, 0.1) is 11.8 Å². The van der Waals surface area contributed by atoms with Crippen LogP contribution in [0.25, 0.3) is 0 Å². The third-order valence-corrected chi connectivity index (χ3v) is 5.11. The summed E-state index contributed by atoms with van der Waals surface area (Å²) in [6.07, 6.45) is 0. The lowest BCUT2D eigenvalue weighted by Crippen LogP contribution is -2.40. The minimum absolute atomic E-state index is 0.0772. The van der Waals surface area contributed by atoms with Crippen LogP contribution in [-0.2, 0) is 10.0 Å². The molecule has 5 heteroatoms. The van der Waals surface area contributed by atoms with Crippen LogP contribution < -0.4 is 5.32 Å². The van der Waals surface area contributed by atoms with Crippen LogP contribution in [0.15, 0.2) is 33.6 Å². The van der Waals surface area contributed by atoms with E-state index in [0.717, 1.165) is 12.1 Å². The highest BCUT2D eigenvalue weighted by Crippen LogP contribution is 2.32. The third-order valence-electron chi connectivity index (χ3n) is 3.76. The minimum atomic E-state index is -3.52. The number of nitrogens with one attached hydrogen (secondary N) is 1. The zero-order valence-electron chi connectivity index (χ0n) is 12.4. The molecule has 0 aromatic heterocycles. The van der Waals surface area contributed by atoms with Crippen LogP contribution in [-0.4, -0.2) is 26.7 Å². The molecule has 2 atom stereocenters. The minimum Gasteiger partial charge on any atom is -0.314 e. The molecule has 0 radical (unpaired) electrons. The van der Waals surface area contributed by atoms with Crippen molar-refractivity contribution in [3.63, 3.8) is 0 Å². The smallest absolute Gasteiger partial charge is 0.283 e. The molecule has 0 aliphatic carbocycles. The number of hydrogen-bond acceptors (Lipinski definition) is 3. The van der Waals surface area contributed by atoms with Crippen molar-refractivity contribution in [1.29, 1.82) is 0 Å². The summed E-state index contributed by atoms with van der Waals surface area (Å²) in [5, 5.41) is 3.39. The molecule has 0 bridgehead atoms. The van der Waals surface area contributed by atoms with E-state index in [9.17, 15) is 8.42 Å². The van der Waals surface area contributed by atoms with Crippen molar-refractivity contribution in [2.45, 2.75) is 38.6 Å². The van der Waals surface area contributed by atoms with Gasteiger partial charge in [-0.15, -0.1) is 0 Å². The van der Waals surface area contributed by atoms with Crippen molar-refractivity contribution >= 4 is 15.7 Å². The summed E-state index contributed by atoms with van der Waals surface area (Å²) >= 11 is 0. The lowest BCUT2D eigenvalue weighted by atomic mass is 9.82. The van der Waals surface area contributed by atoms with Gasteiger partial charge in [-0.1, -0.05) is 39.0 Å². The Hall–Kier alpha value is -1.20. The molecule has 1 N–H and O–H groups in total. The second-order valence-corrected chi connectivity index (χ2v) is 7.14. The normalized spacial score (nSPS) is 19.6. The first-order valence-corrected chi connectivity index (χ1v) is 8.50. The molecule has 1 aliphatic rings. The molecule has 2 unspecified atom stereocenters. The Kier molecular flexibility index (Phi) is 4.30. The van der Waals surface area contributed by atoms with Gasteiger partial charge in [-0.3, -0.25) is 0 Å². The quantitative estimate of drug-likeness (QED) is 0.907. The topological polar surface area (TPSA) is 58.5 Å². The van der Waals surface area contributed by atoms with Crippen molar-refractivity contribution in [3.8, 4) is 0 Å². The Balaban J connectivity index is 2.51. The Morgan fingerprint density at radius 2 is 1.85 bits per heavy atom. The zero-order chi connectivity index (χ0) is 14.9. The summed E-state index contributed by atoms with van der Waals surface area (Å²) < 4.78 is 28.4. The molecule has 0 spiro atoms. The van der Waals surface area contributed by atoms with Crippen molar-refractivity contribution in [1.82, 2.24) is 5.32 Å². The fourth-order valence-corrected chi connectivity index (χ4v) is 4.23. The van der Waals surface area contributed by atoms with E-state index in [2.05, 4.69) is 37.4 Å². The molecular weight excluding hydrogens is 272 g/mol. The van der Waals surface area contributed by atoms with Gasteiger partial charge in [0, 0.05) is 17.5 Å². The molecule has 4 nitrogen and oxygen atoms in total. The summed E-state index contributed by atoms with van der Waals surface area (Å²) in [5.41, 5.74) is 1.46. The van der Waals surface area contributed by atoms with Gasteiger partial charge < -0.3 is 5.32 Å². The van der Waals surface area contributed by atoms with Gasteiger partial charge in [0.2, 0.25) is 0 Å². The van der Waals surface area contributed by atoms with Crippen molar-refractivity contribution < 1.29 is 8.42 Å². The van der Waals surface area contributed by atoms with E-state index >= 15 is 0 Å². The van der Waals surface area contributed by atoms with Crippen LogP contribution in [0.1, 0.15) is 33.3 Å². The number of benzene rings is 1. The SMILES string of the molecule is CCNC(C)C(C1=NS(=O)(=O)c2ccccc21)C(C)C. The maximum atomic E-state index is 12.2. The van der Waals surface area contributed by atoms with Crippen molar-refractivity contribution in [3.05, 3.63) is 29.8 Å². The molecule has 110 valence electrons. The molecular formula is C15H22N2O2S. The molecule has 20 heavy (non-hydrogen) atoms. The maximum Gasteiger partial charge on any atom is 0.283 e. The van der Waals surface area contributed by atoms with Crippen LogP contribution >= 0.6 is 0 Å². The van der Waals surface area contributed by atoms with Gasteiger partial charge in [-0.2, -0.15) is 12.8 Å². The first-order valence-electron chi connectivity index (χ1n) is 7.06. The van der Waals surface area contributed by atoms with Gasteiger partial charge in [-0.05, 0) is 25.5 Å². The average Bonchev–Trinajstić information content (AvgIpc) is 2.62. The largest absolute Gasteiger partial charge is 0.314 e. The Bertz CT molecular complexity index is 621. The van der Waals surface area contributed by atoms with E-state index in [-0.39, 0.29) is 12.0 Å². The van der Waals surface area contributed by atoms with E-state index in [0.29, 0.717) is 16.5 Å². The predicted molar refractivity (Wildman–Crippen MR) is 81.6 cm³/mol. The number of nitrogens with zero attached hydrogens (tertiary/aromatic N) is 1. The van der Waals surface area contributed by atoms with Gasteiger partial charge in [0.05, 0.1) is 10.6 Å². The average molecular weight is 294 g/mol. The fraction of sp³-hybridized carbons (Fsp3) is 0.533. The van der Waals surface area contributed by atoms with E-state index in [4.69, 9.17) is 0 Å². The molecule has 1 aliphatic heterocycles. The number of rotatable bonds is 5. The van der Waals surface area contributed by atoms with E-state index in [1.165, 1.54) is 0 Å². The molecule has 1 aromatic carbocycles. The second kappa shape index (κ2) is 5.66. The monoisotopic (exact) mass is 294 g/mol. The van der Waals surface area contributed by atoms with Crippen molar-refractivity contribution in [2.24, 2.45) is 16.2 Å². The predicted octanol–water partition coefficient (Wildman–Crippen LogP) is 2.45. The molecule has 0 fully saturated rings.